The van der Waals surface area contributed by atoms with Crippen LogP contribution in [0.4, 0.5) is 5.69 Å². The van der Waals surface area contributed by atoms with Crippen LogP contribution in [0.15, 0.2) is 52.3 Å². The molecule has 6 rings (SSSR count). The first-order chi connectivity index (χ1) is 19.8. The number of hydrogen-bond donors (Lipinski definition) is 0. The maximum absolute atomic E-state index is 14.1. The van der Waals surface area contributed by atoms with E-state index in [-0.39, 0.29) is 29.1 Å². The van der Waals surface area contributed by atoms with Gasteiger partial charge in [-0.3, -0.25) is 23.7 Å². The number of thiazole rings is 1. The van der Waals surface area contributed by atoms with Gasteiger partial charge in [0.05, 0.1) is 44.1 Å². The largest absolute Gasteiger partial charge is 0.493 e. The number of carbonyl (C=O) groups is 3. The summed E-state index contributed by atoms with van der Waals surface area (Å²) in [4.78, 5) is 57.8. The molecule has 0 saturated carbocycles. The van der Waals surface area contributed by atoms with Gasteiger partial charge in [-0.15, -0.1) is 0 Å². The predicted octanol–water partition coefficient (Wildman–Crippen LogP) is 2.89. The van der Waals surface area contributed by atoms with Crippen LogP contribution in [0.1, 0.15) is 21.9 Å². The van der Waals surface area contributed by atoms with Crippen molar-refractivity contribution in [3.63, 3.8) is 0 Å². The van der Waals surface area contributed by atoms with E-state index in [1.165, 1.54) is 28.3 Å². The predicted molar refractivity (Wildman–Crippen MR) is 154 cm³/mol. The van der Waals surface area contributed by atoms with Gasteiger partial charge >= 0.3 is 4.87 Å². The molecule has 214 valence electrons. The average molecular weight is 596 g/mol. The molecule has 0 bridgehead atoms. The number of amides is 3. The van der Waals surface area contributed by atoms with Crippen LogP contribution >= 0.6 is 23.1 Å². The molecule has 3 aliphatic heterocycles. The lowest BCUT2D eigenvalue weighted by Gasteiger charge is -2.31. The van der Waals surface area contributed by atoms with E-state index >= 15 is 0 Å². The second-order valence-corrected chi connectivity index (χ2v) is 12.2. The molecular weight excluding hydrogens is 566 g/mol. The average Bonchev–Trinajstić information content (AvgIpc) is 3.43. The van der Waals surface area contributed by atoms with Gasteiger partial charge in [0.1, 0.15) is 11.8 Å². The minimum absolute atomic E-state index is 0.141. The van der Waals surface area contributed by atoms with Crippen molar-refractivity contribution in [3.8, 4) is 11.5 Å². The summed E-state index contributed by atoms with van der Waals surface area (Å²) in [5.41, 5.74) is 2.24. The van der Waals surface area contributed by atoms with Crippen LogP contribution in [-0.4, -0.2) is 73.0 Å². The number of nitrogens with zero attached hydrogens (tertiary/aromatic N) is 3. The number of thioether (sulfide) groups is 1. The van der Waals surface area contributed by atoms with Crippen LogP contribution in [0.3, 0.4) is 0 Å². The van der Waals surface area contributed by atoms with E-state index in [9.17, 15) is 19.2 Å². The monoisotopic (exact) mass is 595 g/mol. The molecule has 3 amide bonds. The second-order valence-electron chi connectivity index (χ2n) is 10.1. The van der Waals surface area contributed by atoms with Crippen molar-refractivity contribution >= 4 is 46.5 Å². The summed E-state index contributed by atoms with van der Waals surface area (Å²) in [5.74, 6) is -1.19. The number of anilines is 1. The highest BCUT2D eigenvalue weighted by atomic mass is 32.2. The van der Waals surface area contributed by atoms with Gasteiger partial charge in [-0.05, 0) is 36.8 Å². The molecule has 12 heteroatoms. The number of ether oxygens (including phenoxy) is 3. The molecule has 3 aliphatic rings. The lowest BCUT2D eigenvalue weighted by Crippen LogP contribution is -2.43. The topological polar surface area (TPSA) is 107 Å². The van der Waals surface area contributed by atoms with Crippen LogP contribution in [0, 0.1) is 12.8 Å². The second kappa shape index (κ2) is 11.0. The number of imide groups is 1. The number of aryl methyl sites for hydroxylation is 1. The standard InChI is InChI=1S/C29H29N3O7S2/c1-16-4-7-18(8-5-16)32-26(34)23-22(17-6-9-19(37-2)20(14-17)38-3)25-28(40-24(23)27(32)35)31(29(36)41-25)15-21(33)30-10-12-39-13-11-30/h4-9,14,22-24H,10-13,15H2,1-3H3/t22-,23?,24?/m0/s1. The quantitative estimate of drug-likeness (QED) is 0.401. The summed E-state index contributed by atoms with van der Waals surface area (Å²) in [5, 5.41) is -0.220. The molecule has 3 aromatic rings. The molecule has 2 unspecified atom stereocenters. The zero-order chi connectivity index (χ0) is 28.8. The number of methoxy groups -OCH3 is 2. The van der Waals surface area contributed by atoms with Gasteiger partial charge < -0.3 is 19.1 Å². The number of morpholine rings is 1. The Balaban J connectivity index is 1.46. The zero-order valence-electron chi connectivity index (χ0n) is 22.8. The fourth-order valence-corrected chi connectivity index (χ4v) is 8.43. The molecule has 2 fully saturated rings. The molecule has 1 aromatic heterocycles. The van der Waals surface area contributed by atoms with Crippen molar-refractivity contribution < 1.29 is 28.6 Å². The molecule has 4 heterocycles. The van der Waals surface area contributed by atoms with Crippen molar-refractivity contribution in [2.24, 2.45) is 5.92 Å². The van der Waals surface area contributed by atoms with E-state index < -0.39 is 17.1 Å². The fourth-order valence-electron chi connectivity index (χ4n) is 5.66. The first-order valence-corrected chi connectivity index (χ1v) is 14.9. The molecule has 2 saturated heterocycles. The van der Waals surface area contributed by atoms with Crippen LogP contribution in [0.2, 0.25) is 0 Å². The van der Waals surface area contributed by atoms with Crippen molar-refractivity contribution in [2.45, 2.75) is 29.7 Å². The number of carbonyl (C=O) groups excluding carboxylic acids is 3. The summed E-state index contributed by atoms with van der Waals surface area (Å²) in [6.45, 7) is 3.63. The Morgan fingerprint density at radius 1 is 0.976 bits per heavy atom. The maximum atomic E-state index is 14.1. The lowest BCUT2D eigenvalue weighted by atomic mass is 9.83. The van der Waals surface area contributed by atoms with E-state index in [2.05, 4.69) is 0 Å². The van der Waals surface area contributed by atoms with Crippen LogP contribution in [0.5, 0.6) is 11.5 Å². The van der Waals surface area contributed by atoms with Crippen LogP contribution in [0.25, 0.3) is 0 Å². The third-order valence-electron chi connectivity index (χ3n) is 7.77. The number of rotatable bonds is 6. The van der Waals surface area contributed by atoms with Gasteiger partial charge in [0, 0.05) is 23.9 Å². The smallest absolute Gasteiger partial charge is 0.308 e. The third kappa shape index (κ3) is 4.73. The molecule has 0 spiro atoms. The number of hydrogen-bond acceptors (Lipinski definition) is 9. The Kier molecular flexibility index (Phi) is 7.39. The molecule has 0 aliphatic carbocycles. The highest BCUT2D eigenvalue weighted by molar-refractivity contribution is 8.00. The minimum atomic E-state index is -0.770. The number of benzene rings is 2. The molecule has 2 aromatic carbocycles. The summed E-state index contributed by atoms with van der Waals surface area (Å²) < 4.78 is 17.8. The van der Waals surface area contributed by atoms with E-state index in [4.69, 9.17) is 14.2 Å². The highest BCUT2D eigenvalue weighted by Crippen LogP contribution is 2.54. The summed E-state index contributed by atoms with van der Waals surface area (Å²) in [6.07, 6.45) is 0. The minimum Gasteiger partial charge on any atom is -0.493 e. The summed E-state index contributed by atoms with van der Waals surface area (Å²) >= 11 is 2.22. The van der Waals surface area contributed by atoms with Gasteiger partial charge in [-0.1, -0.05) is 46.9 Å². The Morgan fingerprint density at radius 2 is 1.68 bits per heavy atom. The molecule has 0 N–H and O–H groups in total. The number of fused-ring (bicyclic) bond motifs is 2. The summed E-state index contributed by atoms with van der Waals surface area (Å²) in [7, 11) is 3.07. The van der Waals surface area contributed by atoms with E-state index in [1.807, 2.05) is 25.1 Å². The van der Waals surface area contributed by atoms with Crippen LogP contribution in [-0.2, 0) is 25.7 Å². The molecule has 3 atom stereocenters. The SMILES string of the molecule is COc1ccc([C@@H]2c3sc(=O)n(CC(=O)N4CCOCC4)c3SC3C(=O)N(c4ccc(C)cc4)C(=O)C32)cc1OC. The maximum Gasteiger partial charge on any atom is 0.308 e. The van der Waals surface area contributed by atoms with E-state index in [0.29, 0.717) is 53.4 Å². The Labute approximate surface area is 244 Å². The highest BCUT2D eigenvalue weighted by Gasteiger charge is 2.57. The zero-order valence-corrected chi connectivity index (χ0v) is 24.5. The number of aromatic nitrogens is 1. The molecule has 41 heavy (non-hydrogen) atoms. The molecular formula is C29H29N3O7S2. The normalized spacial score (nSPS) is 22.0. The Bertz CT molecular complexity index is 1580. The fraction of sp³-hybridized carbons (Fsp3) is 0.379. The molecule has 10 nitrogen and oxygen atoms in total. The third-order valence-corrected chi connectivity index (χ3v) is 10.4. The van der Waals surface area contributed by atoms with Gasteiger partial charge in [0.25, 0.3) is 0 Å². The van der Waals surface area contributed by atoms with Gasteiger partial charge in [0.15, 0.2) is 11.5 Å². The first kappa shape index (κ1) is 27.6. The van der Waals surface area contributed by atoms with E-state index in [1.54, 1.807) is 36.3 Å². The first-order valence-electron chi connectivity index (χ1n) is 13.2. The van der Waals surface area contributed by atoms with Gasteiger partial charge in [-0.2, -0.15) is 0 Å². The van der Waals surface area contributed by atoms with Crippen molar-refractivity contribution in [3.05, 3.63) is 68.1 Å². The van der Waals surface area contributed by atoms with E-state index in [0.717, 1.165) is 22.5 Å². The van der Waals surface area contributed by atoms with Crippen molar-refractivity contribution in [1.82, 2.24) is 9.47 Å². The van der Waals surface area contributed by atoms with Gasteiger partial charge in [-0.25, -0.2) is 4.90 Å². The Morgan fingerprint density at radius 3 is 2.37 bits per heavy atom. The van der Waals surface area contributed by atoms with Crippen molar-refractivity contribution in [1.29, 1.82) is 0 Å². The summed E-state index contributed by atoms with van der Waals surface area (Å²) in [6, 6.07) is 12.6. The van der Waals surface area contributed by atoms with Crippen molar-refractivity contribution in [2.75, 3.05) is 45.4 Å². The Hall–Kier alpha value is -3.61. The lowest BCUT2D eigenvalue weighted by molar-refractivity contribution is -0.136. The molecule has 0 radical (unpaired) electrons. The van der Waals surface area contributed by atoms with Crippen LogP contribution < -0.4 is 19.2 Å². The van der Waals surface area contributed by atoms with Gasteiger partial charge in [0.2, 0.25) is 17.7 Å².